The van der Waals surface area contributed by atoms with Gasteiger partial charge in [0.1, 0.15) is 0 Å². The van der Waals surface area contributed by atoms with Crippen molar-refractivity contribution in [2.75, 3.05) is 0 Å². The second-order valence-corrected chi connectivity index (χ2v) is 9.48. The first-order valence-corrected chi connectivity index (χ1v) is 14.3. The van der Waals surface area contributed by atoms with Gasteiger partial charge in [0.2, 0.25) is 0 Å². The maximum atomic E-state index is 11.7. The minimum atomic E-state index is -0.149. The Balaban J connectivity index is 3.31. The molecular weight excluding hydrogens is 392 g/mol. The number of carbonyl (C=O) groups excluding carboxylic acids is 1. The second-order valence-electron chi connectivity index (χ2n) is 9.48. The van der Waals surface area contributed by atoms with Gasteiger partial charge in [-0.25, -0.2) is 0 Å². The fraction of sp³-hybridized carbons (Fsp3) is 0.833. The zero-order valence-electron chi connectivity index (χ0n) is 21.9. The lowest BCUT2D eigenvalue weighted by Crippen LogP contribution is -1.96. The molecule has 0 radical (unpaired) electrons. The molecule has 0 aliphatic rings. The highest BCUT2D eigenvalue weighted by Crippen LogP contribution is 2.12. The van der Waals surface area contributed by atoms with Crippen molar-refractivity contribution >= 4 is 5.97 Å². The first-order chi connectivity index (χ1) is 15.8. The van der Waals surface area contributed by atoms with Crippen LogP contribution in [0.15, 0.2) is 24.5 Å². The van der Waals surface area contributed by atoms with E-state index in [1.54, 1.807) is 6.26 Å². The van der Waals surface area contributed by atoms with Gasteiger partial charge in [0, 0.05) is 0 Å². The van der Waals surface area contributed by atoms with Gasteiger partial charge < -0.3 is 4.74 Å². The lowest BCUT2D eigenvalue weighted by Gasteiger charge is -2.01. The van der Waals surface area contributed by atoms with Crippen LogP contribution >= 0.6 is 0 Å². The van der Waals surface area contributed by atoms with Crippen molar-refractivity contribution in [3.63, 3.8) is 0 Å². The SMILES string of the molecule is CCCCCCCCCCCC/C=C/CC(=O)O/C=C/CCCCCCCCCCCC. The van der Waals surface area contributed by atoms with Crippen molar-refractivity contribution in [1.82, 2.24) is 0 Å². The molecule has 2 heteroatoms. The number of rotatable bonds is 25. The molecule has 32 heavy (non-hydrogen) atoms. The molecule has 2 nitrogen and oxygen atoms in total. The molecule has 0 atom stereocenters. The predicted molar refractivity (Wildman–Crippen MR) is 142 cm³/mol. The van der Waals surface area contributed by atoms with Gasteiger partial charge in [-0.1, -0.05) is 142 Å². The summed E-state index contributed by atoms with van der Waals surface area (Å²) in [6, 6.07) is 0. The maximum absolute atomic E-state index is 11.7. The summed E-state index contributed by atoms with van der Waals surface area (Å²) < 4.78 is 5.17. The van der Waals surface area contributed by atoms with E-state index in [9.17, 15) is 4.79 Å². The number of esters is 1. The fourth-order valence-electron chi connectivity index (χ4n) is 4.04. The summed E-state index contributed by atoms with van der Waals surface area (Å²) in [6.45, 7) is 4.54. The Morgan fingerprint density at radius 1 is 0.500 bits per heavy atom. The monoisotopic (exact) mass is 448 g/mol. The van der Waals surface area contributed by atoms with E-state index in [2.05, 4.69) is 19.9 Å². The zero-order valence-corrected chi connectivity index (χ0v) is 21.9. The third-order valence-corrected chi connectivity index (χ3v) is 6.20. The van der Waals surface area contributed by atoms with Crippen LogP contribution in [0.4, 0.5) is 0 Å². The molecule has 0 bridgehead atoms. The molecule has 0 spiro atoms. The molecule has 0 aromatic heterocycles. The Labute approximate surface area is 201 Å². The van der Waals surface area contributed by atoms with Crippen LogP contribution in [0.1, 0.15) is 162 Å². The van der Waals surface area contributed by atoms with E-state index in [-0.39, 0.29) is 5.97 Å². The minimum absolute atomic E-state index is 0.149. The highest BCUT2D eigenvalue weighted by molar-refractivity contribution is 5.71. The van der Waals surface area contributed by atoms with Gasteiger partial charge in [0.15, 0.2) is 0 Å². The first-order valence-electron chi connectivity index (χ1n) is 14.3. The van der Waals surface area contributed by atoms with Crippen LogP contribution in [-0.2, 0) is 9.53 Å². The van der Waals surface area contributed by atoms with Crippen molar-refractivity contribution < 1.29 is 9.53 Å². The number of carbonyl (C=O) groups is 1. The van der Waals surface area contributed by atoms with E-state index in [1.807, 2.05) is 12.2 Å². The molecule has 0 aliphatic carbocycles. The van der Waals surface area contributed by atoms with Crippen molar-refractivity contribution in [1.29, 1.82) is 0 Å². The van der Waals surface area contributed by atoms with E-state index in [0.717, 1.165) is 12.8 Å². The topological polar surface area (TPSA) is 26.3 Å². The molecule has 0 saturated heterocycles. The number of hydrogen-bond donors (Lipinski definition) is 0. The van der Waals surface area contributed by atoms with E-state index in [4.69, 9.17) is 4.74 Å². The van der Waals surface area contributed by atoms with Crippen LogP contribution in [0.2, 0.25) is 0 Å². The van der Waals surface area contributed by atoms with Crippen LogP contribution in [0, 0.1) is 0 Å². The molecule has 0 unspecified atom stereocenters. The van der Waals surface area contributed by atoms with Gasteiger partial charge in [-0.15, -0.1) is 0 Å². The van der Waals surface area contributed by atoms with Crippen LogP contribution in [0.25, 0.3) is 0 Å². The molecule has 0 amide bonds. The molecule has 188 valence electrons. The second kappa shape index (κ2) is 28.0. The number of ether oxygens (including phenoxy) is 1. The third-order valence-electron chi connectivity index (χ3n) is 6.20. The lowest BCUT2D eigenvalue weighted by molar-refractivity contribution is -0.137. The van der Waals surface area contributed by atoms with Crippen molar-refractivity contribution in [2.45, 2.75) is 162 Å². The van der Waals surface area contributed by atoms with E-state index in [1.165, 1.54) is 128 Å². The quantitative estimate of drug-likeness (QED) is 0.0600. The summed E-state index contributed by atoms with van der Waals surface area (Å²) in [5, 5.41) is 0. The Hall–Kier alpha value is -1.05. The predicted octanol–water partition coefficient (Wildman–Crippen LogP) is 10.6. The van der Waals surface area contributed by atoms with Gasteiger partial charge in [-0.3, -0.25) is 4.79 Å². The molecule has 0 aromatic rings. The van der Waals surface area contributed by atoms with Crippen LogP contribution in [0.3, 0.4) is 0 Å². The maximum Gasteiger partial charge on any atom is 0.314 e. The molecule has 0 heterocycles. The molecule has 0 saturated carbocycles. The highest BCUT2D eigenvalue weighted by Gasteiger charge is 1.97. The Morgan fingerprint density at radius 3 is 1.31 bits per heavy atom. The molecule has 0 fully saturated rings. The summed E-state index contributed by atoms with van der Waals surface area (Å²) in [5.41, 5.74) is 0. The van der Waals surface area contributed by atoms with Gasteiger partial charge in [-0.05, 0) is 31.8 Å². The average Bonchev–Trinajstić information content (AvgIpc) is 2.80. The van der Waals surface area contributed by atoms with E-state index in [0.29, 0.717) is 6.42 Å². The number of allylic oxidation sites excluding steroid dienone is 2. The van der Waals surface area contributed by atoms with Gasteiger partial charge in [-0.2, -0.15) is 0 Å². The minimum Gasteiger partial charge on any atom is -0.435 e. The van der Waals surface area contributed by atoms with Gasteiger partial charge in [0.05, 0.1) is 12.7 Å². The summed E-state index contributed by atoms with van der Waals surface area (Å²) in [6.07, 6.45) is 37.4. The van der Waals surface area contributed by atoms with Crippen molar-refractivity contribution in [3.05, 3.63) is 24.5 Å². The average molecular weight is 449 g/mol. The number of unbranched alkanes of at least 4 members (excludes halogenated alkanes) is 20. The normalized spacial score (nSPS) is 11.7. The number of hydrogen-bond acceptors (Lipinski definition) is 2. The molecule has 0 rings (SSSR count). The molecule has 0 aromatic carbocycles. The van der Waals surface area contributed by atoms with Crippen LogP contribution in [-0.4, -0.2) is 5.97 Å². The Morgan fingerprint density at radius 2 is 0.875 bits per heavy atom. The first kappa shape index (κ1) is 30.9. The molecule has 0 aliphatic heterocycles. The summed E-state index contributed by atoms with van der Waals surface area (Å²) in [5.74, 6) is -0.149. The molecular formula is C30H56O2. The lowest BCUT2D eigenvalue weighted by atomic mass is 10.1. The molecule has 0 N–H and O–H groups in total. The summed E-state index contributed by atoms with van der Waals surface area (Å²) in [7, 11) is 0. The van der Waals surface area contributed by atoms with E-state index >= 15 is 0 Å². The standard InChI is InChI=1S/C30H56O2/c1-3-5-7-9-11-13-15-17-18-20-22-24-26-28-30(31)32-29-27-25-23-21-19-16-14-12-10-8-6-4-2/h24,26-27,29H,3-23,25,28H2,1-2H3/b26-24+,29-27+. The smallest absolute Gasteiger partial charge is 0.314 e. The highest BCUT2D eigenvalue weighted by atomic mass is 16.5. The summed E-state index contributed by atoms with van der Waals surface area (Å²) >= 11 is 0. The Kier molecular flexibility index (Phi) is 27.1. The van der Waals surface area contributed by atoms with Gasteiger partial charge >= 0.3 is 5.97 Å². The fourth-order valence-corrected chi connectivity index (χ4v) is 4.04. The summed E-state index contributed by atoms with van der Waals surface area (Å²) in [4.78, 5) is 11.7. The van der Waals surface area contributed by atoms with E-state index < -0.39 is 0 Å². The van der Waals surface area contributed by atoms with Crippen molar-refractivity contribution in [3.8, 4) is 0 Å². The third kappa shape index (κ3) is 27.0. The largest absolute Gasteiger partial charge is 0.435 e. The van der Waals surface area contributed by atoms with Crippen LogP contribution < -0.4 is 0 Å². The van der Waals surface area contributed by atoms with Crippen molar-refractivity contribution in [2.24, 2.45) is 0 Å². The zero-order chi connectivity index (χ0) is 23.4. The van der Waals surface area contributed by atoms with Crippen LogP contribution in [0.5, 0.6) is 0 Å². The van der Waals surface area contributed by atoms with Gasteiger partial charge in [0.25, 0.3) is 0 Å². The Bertz CT molecular complexity index is 387.